The second-order valence-corrected chi connectivity index (χ2v) is 5.04. The minimum atomic E-state index is -0.125. The molecule has 0 aliphatic rings. The topological polar surface area (TPSA) is 38.3 Å². The first-order chi connectivity index (χ1) is 7.58. The fourth-order valence-corrected chi connectivity index (χ4v) is 2.51. The van der Waals surface area contributed by atoms with Gasteiger partial charge in [0, 0.05) is 22.8 Å². The van der Waals surface area contributed by atoms with Crippen molar-refractivity contribution in [3.8, 4) is 5.75 Å². The maximum atomic E-state index is 11.4. The van der Waals surface area contributed by atoms with Gasteiger partial charge in [-0.25, -0.2) is 0 Å². The highest BCUT2D eigenvalue weighted by Gasteiger charge is 2.09. The number of methoxy groups -OCH3 is 1. The summed E-state index contributed by atoms with van der Waals surface area (Å²) in [6.07, 6.45) is 0.284. The van der Waals surface area contributed by atoms with Crippen LogP contribution >= 0.6 is 43.5 Å². The lowest BCUT2D eigenvalue weighted by molar-refractivity contribution is -0.115. The Kier molecular flexibility index (Phi) is 5.58. The molecule has 0 unspecified atom stereocenters. The molecule has 1 N–H and O–H groups in total. The molecule has 6 heteroatoms. The van der Waals surface area contributed by atoms with Crippen LogP contribution in [0.3, 0.4) is 0 Å². The third kappa shape index (κ3) is 3.64. The van der Waals surface area contributed by atoms with Gasteiger partial charge >= 0.3 is 0 Å². The Balaban J connectivity index is 2.91. The summed E-state index contributed by atoms with van der Waals surface area (Å²) in [6, 6.07) is 3.55. The van der Waals surface area contributed by atoms with E-state index < -0.39 is 0 Å². The summed E-state index contributed by atoms with van der Waals surface area (Å²) in [5.41, 5.74) is 0.662. The average molecular weight is 371 g/mol. The predicted molar refractivity (Wildman–Crippen MR) is 72.4 cm³/mol. The monoisotopic (exact) mass is 369 g/mol. The number of carbonyl (C=O) groups is 1. The normalized spacial score (nSPS) is 10.0. The zero-order chi connectivity index (χ0) is 12.1. The second-order valence-electron chi connectivity index (χ2n) is 2.95. The van der Waals surface area contributed by atoms with Gasteiger partial charge in [-0.15, -0.1) is 11.6 Å². The Morgan fingerprint density at radius 1 is 1.44 bits per heavy atom. The van der Waals surface area contributed by atoms with Crippen molar-refractivity contribution in [1.29, 1.82) is 0 Å². The number of anilines is 1. The molecule has 0 aromatic heterocycles. The number of benzene rings is 1. The first-order valence-electron chi connectivity index (χ1n) is 4.47. The van der Waals surface area contributed by atoms with Crippen molar-refractivity contribution in [1.82, 2.24) is 0 Å². The first-order valence-corrected chi connectivity index (χ1v) is 6.59. The minimum Gasteiger partial charge on any atom is -0.495 e. The molecule has 1 aromatic carbocycles. The number of amides is 1. The zero-order valence-corrected chi connectivity index (χ0v) is 12.4. The number of hydrogen-bond donors (Lipinski definition) is 1. The van der Waals surface area contributed by atoms with E-state index in [4.69, 9.17) is 16.3 Å². The Bertz CT molecular complexity index is 399. The van der Waals surface area contributed by atoms with Crippen LogP contribution in [0.1, 0.15) is 6.42 Å². The fraction of sp³-hybridized carbons (Fsp3) is 0.300. The van der Waals surface area contributed by atoms with Crippen LogP contribution in [0.4, 0.5) is 5.69 Å². The molecule has 0 bridgehead atoms. The number of carbonyl (C=O) groups excluding carboxylic acids is 1. The second kappa shape index (κ2) is 6.47. The highest BCUT2D eigenvalue weighted by atomic mass is 79.9. The van der Waals surface area contributed by atoms with E-state index in [9.17, 15) is 4.79 Å². The smallest absolute Gasteiger partial charge is 0.225 e. The molecule has 3 nitrogen and oxygen atoms in total. The molecule has 0 saturated heterocycles. The molecule has 0 radical (unpaired) electrons. The number of alkyl halides is 1. The van der Waals surface area contributed by atoms with E-state index in [1.807, 2.05) is 6.07 Å². The number of halogens is 3. The summed E-state index contributed by atoms with van der Waals surface area (Å²) in [5, 5.41) is 2.74. The lowest BCUT2D eigenvalue weighted by atomic mass is 10.3. The lowest BCUT2D eigenvalue weighted by Gasteiger charge is -2.10. The van der Waals surface area contributed by atoms with E-state index in [0.717, 1.165) is 8.95 Å². The SMILES string of the molecule is COc1cc(NC(=O)CCCl)c(Br)cc1Br. The van der Waals surface area contributed by atoms with Crippen molar-refractivity contribution in [2.75, 3.05) is 18.3 Å². The van der Waals surface area contributed by atoms with Crippen LogP contribution < -0.4 is 10.1 Å². The molecule has 0 atom stereocenters. The van der Waals surface area contributed by atoms with E-state index in [1.54, 1.807) is 13.2 Å². The van der Waals surface area contributed by atoms with Gasteiger partial charge in [-0.05, 0) is 37.9 Å². The van der Waals surface area contributed by atoms with Gasteiger partial charge in [0.15, 0.2) is 0 Å². The van der Waals surface area contributed by atoms with Crippen molar-refractivity contribution in [2.24, 2.45) is 0 Å². The van der Waals surface area contributed by atoms with Crippen LogP contribution in [-0.4, -0.2) is 18.9 Å². The highest BCUT2D eigenvalue weighted by molar-refractivity contribution is 9.11. The van der Waals surface area contributed by atoms with Gasteiger partial charge in [0.05, 0.1) is 17.3 Å². The van der Waals surface area contributed by atoms with Gasteiger partial charge in [0.1, 0.15) is 5.75 Å². The quantitative estimate of drug-likeness (QED) is 0.818. The van der Waals surface area contributed by atoms with Gasteiger partial charge in [-0.2, -0.15) is 0 Å². The summed E-state index contributed by atoms with van der Waals surface area (Å²) in [4.78, 5) is 11.4. The maximum absolute atomic E-state index is 11.4. The lowest BCUT2D eigenvalue weighted by Crippen LogP contribution is -2.12. The average Bonchev–Trinajstić information content (AvgIpc) is 2.22. The summed E-state index contributed by atoms with van der Waals surface area (Å²) >= 11 is 12.2. The van der Waals surface area contributed by atoms with E-state index >= 15 is 0 Å². The van der Waals surface area contributed by atoms with Crippen LogP contribution in [0.25, 0.3) is 0 Å². The molecule has 0 fully saturated rings. The van der Waals surface area contributed by atoms with Crippen LogP contribution in [0.15, 0.2) is 21.1 Å². The van der Waals surface area contributed by atoms with E-state index in [2.05, 4.69) is 37.2 Å². The van der Waals surface area contributed by atoms with Crippen molar-refractivity contribution in [3.05, 3.63) is 21.1 Å². The highest BCUT2D eigenvalue weighted by Crippen LogP contribution is 2.34. The number of rotatable bonds is 4. The molecule has 16 heavy (non-hydrogen) atoms. The van der Waals surface area contributed by atoms with Crippen LogP contribution in [0.5, 0.6) is 5.75 Å². The fourth-order valence-electron chi connectivity index (χ4n) is 1.08. The summed E-state index contributed by atoms with van der Waals surface area (Å²) in [6.45, 7) is 0. The van der Waals surface area contributed by atoms with E-state index in [1.165, 1.54) is 0 Å². The number of nitrogens with one attached hydrogen (secondary N) is 1. The summed E-state index contributed by atoms with van der Waals surface area (Å²) < 4.78 is 6.73. The number of hydrogen-bond acceptors (Lipinski definition) is 2. The van der Waals surface area contributed by atoms with Crippen LogP contribution in [0.2, 0.25) is 0 Å². The molecule has 0 spiro atoms. The van der Waals surface area contributed by atoms with Gasteiger partial charge in [-0.1, -0.05) is 0 Å². The van der Waals surface area contributed by atoms with Crippen molar-refractivity contribution < 1.29 is 9.53 Å². The minimum absolute atomic E-state index is 0.125. The molecule has 0 aliphatic carbocycles. The van der Waals surface area contributed by atoms with Crippen molar-refractivity contribution in [3.63, 3.8) is 0 Å². The Hall–Kier alpha value is -0.260. The molecular weight excluding hydrogens is 361 g/mol. The van der Waals surface area contributed by atoms with Gasteiger partial charge < -0.3 is 10.1 Å². The zero-order valence-electron chi connectivity index (χ0n) is 8.52. The third-order valence-corrected chi connectivity index (χ3v) is 3.30. The van der Waals surface area contributed by atoms with Crippen LogP contribution in [-0.2, 0) is 4.79 Å². The number of ether oxygens (including phenoxy) is 1. The molecule has 0 aliphatic heterocycles. The standard InChI is InChI=1S/C10H10Br2ClNO2/c1-16-9-5-8(6(11)4-7(9)12)14-10(15)2-3-13/h4-5H,2-3H2,1H3,(H,14,15). The van der Waals surface area contributed by atoms with Crippen molar-refractivity contribution >= 4 is 55.1 Å². The summed E-state index contributed by atoms with van der Waals surface area (Å²) in [5.74, 6) is 0.835. The van der Waals surface area contributed by atoms with E-state index in [0.29, 0.717) is 17.3 Å². The van der Waals surface area contributed by atoms with E-state index in [-0.39, 0.29) is 12.3 Å². The maximum Gasteiger partial charge on any atom is 0.225 e. The van der Waals surface area contributed by atoms with Gasteiger partial charge in [0.25, 0.3) is 0 Å². The van der Waals surface area contributed by atoms with Gasteiger partial charge in [-0.3, -0.25) is 4.79 Å². The predicted octanol–water partition coefficient (Wildman–Crippen LogP) is 3.79. The molecule has 0 saturated carbocycles. The Labute approximate surface area is 116 Å². The third-order valence-electron chi connectivity index (χ3n) is 1.84. The van der Waals surface area contributed by atoms with Crippen molar-refractivity contribution in [2.45, 2.75) is 6.42 Å². The first kappa shape index (κ1) is 13.8. The van der Waals surface area contributed by atoms with Gasteiger partial charge in [0.2, 0.25) is 5.91 Å². The van der Waals surface area contributed by atoms with Crippen LogP contribution in [0, 0.1) is 0 Å². The molecule has 88 valence electrons. The Morgan fingerprint density at radius 3 is 2.69 bits per heavy atom. The largest absolute Gasteiger partial charge is 0.495 e. The molecular formula is C10H10Br2ClNO2. The molecule has 0 heterocycles. The molecule has 1 rings (SSSR count). The Morgan fingerprint density at radius 2 is 2.12 bits per heavy atom. The summed E-state index contributed by atoms with van der Waals surface area (Å²) in [7, 11) is 1.57. The molecule has 1 aromatic rings. The molecule has 1 amide bonds.